The Kier molecular flexibility index (Phi) is 7.29. The van der Waals surface area contributed by atoms with Crippen LogP contribution in [0.4, 0.5) is 0 Å². The molecule has 5 nitrogen and oxygen atoms in total. The van der Waals surface area contributed by atoms with Gasteiger partial charge in [-0.3, -0.25) is 0 Å². The fourth-order valence-electron chi connectivity index (χ4n) is 2.12. The molecule has 25 heavy (non-hydrogen) atoms. The van der Waals surface area contributed by atoms with E-state index in [1.165, 1.54) is 0 Å². The van der Waals surface area contributed by atoms with Crippen molar-refractivity contribution in [2.75, 3.05) is 13.2 Å². The molecule has 2 rings (SSSR count). The molecule has 0 fully saturated rings. The molecule has 0 saturated heterocycles. The van der Waals surface area contributed by atoms with Crippen molar-refractivity contribution < 1.29 is 23.7 Å². The first-order valence-electron chi connectivity index (χ1n) is 8.45. The van der Waals surface area contributed by atoms with E-state index in [2.05, 4.69) is 0 Å². The molecule has 0 saturated carbocycles. The van der Waals surface area contributed by atoms with Crippen molar-refractivity contribution in [3.63, 3.8) is 0 Å². The molecular formula is C20H24O5. The zero-order chi connectivity index (χ0) is 18.1. The zero-order valence-electron chi connectivity index (χ0n) is 14.9. The number of hydrogen-bond acceptors (Lipinski definition) is 5. The SMILES string of the molecule is CCCOc1ccc(OC(=O)c2ccc(OC(C)OCC)cc2)cc1. The molecular weight excluding hydrogens is 320 g/mol. The summed E-state index contributed by atoms with van der Waals surface area (Å²) in [5.41, 5.74) is 0.447. The first-order valence-corrected chi connectivity index (χ1v) is 8.45. The quantitative estimate of drug-likeness (QED) is 0.382. The van der Waals surface area contributed by atoms with Gasteiger partial charge in [0.05, 0.1) is 12.2 Å². The molecule has 5 heteroatoms. The van der Waals surface area contributed by atoms with Gasteiger partial charge in [-0.1, -0.05) is 6.92 Å². The minimum Gasteiger partial charge on any atom is -0.494 e. The van der Waals surface area contributed by atoms with Gasteiger partial charge in [0.2, 0.25) is 0 Å². The van der Waals surface area contributed by atoms with Crippen LogP contribution in [0.3, 0.4) is 0 Å². The first kappa shape index (κ1) is 18.8. The smallest absolute Gasteiger partial charge is 0.343 e. The van der Waals surface area contributed by atoms with Crippen LogP contribution < -0.4 is 14.2 Å². The molecule has 1 unspecified atom stereocenters. The highest BCUT2D eigenvalue weighted by Crippen LogP contribution is 2.20. The van der Waals surface area contributed by atoms with Gasteiger partial charge in [0.1, 0.15) is 17.2 Å². The molecule has 0 aliphatic carbocycles. The molecule has 0 spiro atoms. The number of carbonyl (C=O) groups excluding carboxylic acids is 1. The molecule has 2 aromatic carbocycles. The standard InChI is InChI=1S/C20H24O5/c1-4-14-23-17-10-12-19(13-11-17)25-20(21)16-6-8-18(9-7-16)24-15(3)22-5-2/h6-13,15H,4-5,14H2,1-3H3. The van der Waals surface area contributed by atoms with Gasteiger partial charge in [0, 0.05) is 6.61 Å². The number of carbonyl (C=O) groups is 1. The van der Waals surface area contributed by atoms with Crippen molar-refractivity contribution in [3.8, 4) is 17.2 Å². The van der Waals surface area contributed by atoms with E-state index in [1.807, 2.05) is 20.8 Å². The van der Waals surface area contributed by atoms with Crippen LogP contribution >= 0.6 is 0 Å². The zero-order valence-corrected chi connectivity index (χ0v) is 14.9. The van der Waals surface area contributed by atoms with E-state index in [0.717, 1.165) is 12.2 Å². The average molecular weight is 344 g/mol. The third-order valence-corrected chi connectivity index (χ3v) is 3.30. The molecule has 0 N–H and O–H groups in total. The predicted octanol–water partition coefficient (Wildman–Crippen LogP) is 4.46. The van der Waals surface area contributed by atoms with E-state index in [4.69, 9.17) is 18.9 Å². The van der Waals surface area contributed by atoms with Gasteiger partial charge in [0.25, 0.3) is 0 Å². The van der Waals surface area contributed by atoms with Crippen molar-refractivity contribution in [1.29, 1.82) is 0 Å². The van der Waals surface area contributed by atoms with Crippen molar-refractivity contribution in [3.05, 3.63) is 54.1 Å². The van der Waals surface area contributed by atoms with Crippen LogP contribution in [-0.4, -0.2) is 25.5 Å². The summed E-state index contributed by atoms with van der Waals surface area (Å²) in [5, 5.41) is 0. The third-order valence-electron chi connectivity index (χ3n) is 3.30. The lowest BCUT2D eigenvalue weighted by Gasteiger charge is -2.14. The lowest BCUT2D eigenvalue weighted by molar-refractivity contribution is -0.0613. The van der Waals surface area contributed by atoms with Crippen molar-refractivity contribution >= 4 is 5.97 Å². The first-order chi connectivity index (χ1) is 12.1. The van der Waals surface area contributed by atoms with Crippen LogP contribution in [-0.2, 0) is 4.74 Å². The summed E-state index contributed by atoms with van der Waals surface area (Å²) in [6, 6.07) is 13.7. The van der Waals surface area contributed by atoms with Crippen LogP contribution in [0.5, 0.6) is 17.2 Å². The van der Waals surface area contributed by atoms with E-state index in [-0.39, 0.29) is 6.29 Å². The monoisotopic (exact) mass is 344 g/mol. The Bertz CT molecular complexity index is 649. The van der Waals surface area contributed by atoms with Gasteiger partial charge in [-0.25, -0.2) is 4.79 Å². The second-order valence-corrected chi connectivity index (χ2v) is 5.37. The third kappa shape index (κ3) is 6.12. The highest BCUT2D eigenvalue weighted by Gasteiger charge is 2.10. The van der Waals surface area contributed by atoms with Crippen molar-refractivity contribution in [2.24, 2.45) is 0 Å². The van der Waals surface area contributed by atoms with Gasteiger partial charge in [0.15, 0.2) is 6.29 Å². The van der Waals surface area contributed by atoms with E-state index in [1.54, 1.807) is 48.5 Å². The molecule has 1 atom stereocenters. The molecule has 134 valence electrons. The Labute approximate surface area is 148 Å². The molecule has 0 heterocycles. The van der Waals surface area contributed by atoms with Gasteiger partial charge in [-0.15, -0.1) is 0 Å². The molecule has 0 bridgehead atoms. The van der Waals surface area contributed by atoms with Gasteiger partial charge in [-0.05, 0) is 68.8 Å². The maximum Gasteiger partial charge on any atom is 0.343 e. The Morgan fingerprint density at radius 1 is 0.920 bits per heavy atom. The fourth-order valence-corrected chi connectivity index (χ4v) is 2.12. The largest absolute Gasteiger partial charge is 0.494 e. The second-order valence-electron chi connectivity index (χ2n) is 5.37. The van der Waals surface area contributed by atoms with Gasteiger partial charge in [-0.2, -0.15) is 0 Å². The minimum atomic E-state index is -0.424. The summed E-state index contributed by atoms with van der Waals surface area (Å²) in [6.45, 7) is 7.01. The number of hydrogen-bond donors (Lipinski definition) is 0. The maximum atomic E-state index is 12.2. The summed E-state index contributed by atoms with van der Waals surface area (Å²) in [6.07, 6.45) is 0.607. The van der Waals surface area contributed by atoms with E-state index in [0.29, 0.717) is 30.3 Å². The molecule has 0 amide bonds. The lowest BCUT2D eigenvalue weighted by Crippen LogP contribution is -2.16. The summed E-state index contributed by atoms with van der Waals surface area (Å²) >= 11 is 0. The molecule has 0 radical (unpaired) electrons. The number of ether oxygens (including phenoxy) is 4. The number of benzene rings is 2. The van der Waals surface area contributed by atoms with Crippen molar-refractivity contribution in [2.45, 2.75) is 33.5 Å². The highest BCUT2D eigenvalue weighted by atomic mass is 16.7. The highest BCUT2D eigenvalue weighted by molar-refractivity contribution is 5.91. The normalized spacial score (nSPS) is 11.6. The Balaban J connectivity index is 1.91. The summed E-state index contributed by atoms with van der Waals surface area (Å²) in [7, 11) is 0. The van der Waals surface area contributed by atoms with Gasteiger partial charge >= 0.3 is 5.97 Å². The molecule has 0 aromatic heterocycles. The van der Waals surface area contributed by atoms with Crippen molar-refractivity contribution in [1.82, 2.24) is 0 Å². The van der Waals surface area contributed by atoms with E-state index >= 15 is 0 Å². The predicted molar refractivity (Wildman–Crippen MR) is 95.3 cm³/mol. The Morgan fingerprint density at radius 3 is 2.12 bits per heavy atom. The van der Waals surface area contributed by atoms with Crippen LogP contribution in [0.2, 0.25) is 0 Å². The van der Waals surface area contributed by atoms with E-state index < -0.39 is 5.97 Å². The lowest BCUT2D eigenvalue weighted by atomic mass is 10.2. The van der Waals surface area contributed by atoms with Crippen LogP contribution in [0.1, 0.15) is 37.6 Å². The van der Waals surface area contributed by atoms with Crippen LogP contribution in [0.15, 0.2) is 48.5 Å². The minimum absolute atomic E-state index is 0.337. The summed E-state index contributed by atoms with van der Waals surface area (Å²) in [5.74, 6) is 1.44. The molecule has 0 aliphatic heterocycles. The van der Waals surface area contributed by atoms with Crippen LogP contribution in [0.25, 0.3) is 0 Å². The fraction of sp³-hybridized carbons (Fsp3) is 0.350. The molecule has 2 aromatic rings. The number of esters is 1. The maximum absolute atomic E-state index is 12.2. The second kappa shape index (κ2) is 9.69. The Hall–Kier alpha value is -2.53. The average Bonchev–Trinajstić information content (AvgIpc) is 2.62. The number of rotatable bonds is 9. The van der Waals surface area contributed by atoms with Gasteiger partial charge < -0.3 is 18.9 Å². The van der Waals surface area contributed by atoms with E-state index in [9.17, 15) is 4.79 Å². The van der Waals surface area contributed by atoms with Crippen LogP contribution in [0, 0.1) is 0 Å². The summed E-state index contributed by atoms with van der Waals surface area (Å²) < 4.78 is 21.7. The molecule has 0 aliphatic rings. The topological polar surface area (TPSA) is 54.0 Å². The summed E-state index contributed by atoms with van der Waals surface area (Å²) in [4.78, 5) is 12.2. The Morgan fingerprint density at radius 2 is 1.52 bits per heavy atom.